The van der Waals surface area contributed by atoms with Crippen LogP contribution in [-0.2, 0) is 16.1 Å². The Hall–Kier alpha value is -2.15. The van der Waals surface area contributed by atoms with Crippen LogP contribution in [0.25, 0.3) is 0 Å². The molecular weight excluding hydrogens is 344 g/mol. The van der Waals surface area contributed by atoms with E-state index in [1.807, 2.05) is 23.1 Å². The first-order valence-corrected chi connectivity index (χ1v) is 9.95. The summed E-state index contributed by atoms with van der Waals surface area (Å²) in [4.78, 5) is 32.6. The molecule has 0 bridgehead atoms. The van der Waals surface area contributed by atoms with Gasteiger partial charge in [0, 0.05) is 38.8 Å². The van der Waals surface area contributed by atoms with Crippen molar-refractivity contribution in [2.75, 3.05) is 26.2 Å². The zero-order valence-corrected chi connectivity index (χ0v) is 16.1. The fraction of sp³-hybridized carbons (Fsp3) is 0.650. The van der Waals surface area contributed by atoms with Gasteiger partial charge in [0.05, 0.1) is 24.9 Å². The molecule has 1 saturated carbocycles. The van der Waals surface area contributed by atoms with Gasteiger partial charge >= 0.3 is 6.03 Å². The van der Waals surface area contributed by atoms with Crippen LogP contribution in [-0.4, -0.2) is 65.1 Å². The number of nitrogens with one attached hydrogen (secondary N) is 1. The van der Waals surface area contributed by atoms with E-state index < -0.39 is 0 Å². The highest BCUT2D eigenvalue weighted by Gasteiger charge is 2.28. The smallest absolute Gasteiger partial charge is 0.318 e. The molecule has 7 heteroatoms. The Balaban J connectivity index is 1.59. The quantitative estimate of drug-likeness (QED) is 0.857. The van der Waals surface area contributed by atoms with Gasteiger partial charge in [0.15, 0.2) is 0 Å². The lowest BCUT2D eigenvalue weighted by Crippen LogP contribution is -2.52. The van der Waals surface area contributed by atoms with Crippen molar-refractivity contribution in [3.63, 3.8) is 0 Å². The van der Waals surface area contributed by atoms with Gasteiger partial charge in [0.25, 0.3) is 0 Å². The number of carbonyl (C=O) groups excluding carboxylic acids is 2. The Morgan fingerprint density at radius 3 is 2.81 bits per heavy atom. The van der Waals surface area contributed by atoms with Crippen molar-refractivity contribution in [3.05, 3.63) is 30.1 Å². The topological polar surface area (TPSA) is 74.8 Å². The zero-order chi connectivity index (χ0) is 19.1. The van der Waals surface area contributed by atoms with Gasteiger partial charge in [-0.25, -0.2) is 4.79 Å². The molecule has 1 aliphatic heterocycles. The SMILES string of the molecule is CC(=O)N1CCO[C@H](CNC(=O)N(Cc2ccccn2)C2CCCCC2)C1. The van der Waals surface area contributed by atoms with Crippen molar-refractivity contribution in [2.24, 2.45) is 0 Å². The molecule has 2 aliphatic rings. The summed E-state index contributed by atoms with van der Waals surface area (Å²) in [5, 5.41) is 3.03. The summed E-state index contributed by atoms with van der Waals surface area (Å²) in [6.07, 6.45) is 7.25. The van der Waals surface area contributed by atoms with E-state index in [0.29, 0.717) is 32.8 Å². The molecule has 7 nitrogen and oxygen atoms in total. The standard InChI is InChI=1S/C20H30N4O3/c1-16(25)23-11-12-27-19(15-23)13-22-20(26)24(18-8-3-2-4-9-18)14-17-7-5-6-10-21-17/h5-7,10,18-19H,2-4,8-9,11-15H2,1H3,(H,22,26)/t19-/m1/s1. The lowest BCUT2D eigenvalue weighted by atomic mass is 9.94. The van der Waals surface area contributed by atoms with E-state index in [0.717, 1.165) is 31.4 Å². The molecule has 1 aromatic heterocycles. The average molecular weight is 374 g/mol. The van der Waals surface area contributed by atoms with E-state index in [2.05, 4.69) is 10.3 Å². The van der Waals surface area contributed by atoms with Gasteiger partial charge in [-0.2, -0.15) is 0 Å². The number of amides is 3. The molecule has 2 heterocycles. The van der Waals surface area contributed by atoms with Crippen LogP contribution in [0.4, 0.5) is 4.79 Å². The summed E-state index contributed by atoms with van der Waals surface area (Å²) in [5.41, 5.74) is 0.898. The van der Waals surface area contributed by atoms with Crippen molar-refractivity contribution in [3.8, 4) is 0 Å². The van der Waals surface area contributed by atoms with Crippen LogP contribution >= 0.6 is 0 Å². The summed E-state index contributed by atoms with van der Waals surface area (Å²) >= 11 is 0. The molecule has 0 unspecified atom stereocenters. The van der Waals surface area contributed by atoms with Gasteiger partial charge in [-0.1, -0.05) is 25.3 Å². The predicted octanol–water partition coefficient (Wildman–Crippen LogP) is 2.17. The molecule has 1 atom stereocenters. The third-order valence-electron chi connectivity index (χ3n) is 5.40. The highest BCUT2D eigenvalue weighted by atomic mass is 16.5. The molecule has 0 spiro atoms. The molecule has 1 aliphatic carbocycles. The molecule has 3 rings (SSSR count). The molecule has 1 saturated heterocycles. The number of nitrogens with zero attached hydrogens (tertiary/aromatic N) is 3. The van der Waals surface area contributed by atoms with E-state index in [9.17, 15) is 9.59 Å². The van der Waals surface area contributed by atoms with E-state index in [4.69, 9.17) is 4.74 Å². The van der Waals surface area contributed by atoms with Crippen molar-refractivity contribution >= 4 is 11.9 Å². The van der Waals surface area contributed by atoms with Crippen molar-refractivity contribution < 1.29 is 14.3 Å². The Labute approximate surface area is 161 Å². The molecule has 2 fully saturated rings. The van der Waals surface area contributed by atoms with Gasteiger partial charge in [0.1, 0.15) is 0 Å². The molecule has 148 valence electrons. The number of rotatable bonds is 5. The van der Waals surface area contributed by atoms with Crippen molar-refractivity contribution in [1.82, 2.24) is 20.1 Å². The molecule has 3 amide bonds. The minimum Gasteiger partial charge on any atom is -0.373 e. The number of aromatic nitrogens is 1. The zero-order valence-electron chi connectivity index (χ0n) is 16.1. The lowest BCUT2D eigenvalue weighted by Gasteiger charge is -2.36. The molecular formula is C20H30N4O3. The maximum absolute atomic E-state index is 13.0. The second-order valence-electron chi connectivity index (χ2n) is 7.38. The van der Waals surface area contributed by atoms with Crippen LogP contribution in [0.15, 0.2) is 24.4 Å². The number of hydrogen-bond acceptors (Lipinski definition) is 4. The number of morpholine rings is 1. The van der Waals surface area contributed by atoms with Gasteiger partial charge < -0.3 is 19.9 Å². The van der Waals surface area contributed by atoms with E-state index >= 15 is 0 Å². The molecule has 1 aromatic rings. The number of hydrogen-bond donors (Lipinski definition) is 1. The fourth-order valence-corrected chi connectivity index (χ4v) is 3.86. The van der Waals surface area contributed by atoms with Crippen LogP contribution in [0.5, 0.6) is 0 Å². The number of urea groups is 1. The first kappa shape index (κ1) is 19.6. The Kier molecular flexibility index (Phi) is 7.04. The minimum absolute atomic E-state index is 0.0496. The predicted molar refractivity (Wildman–Crippen MR) is 102 cm³/mol. The first-order chi connectivity index (χ1) is 13.1. The second kappa shape index (κ2) is 9.69. The lowest BCUT2D eigenvalue weighted by molar-refractivity contribution is -0.136. The minimum atomic E-state index is -0.158. The first-order valence-electron chi connectivity index (χ1n) is 9.95. The summed E-state index contributed by atoms with van der Waals surface area (Å²) in [6, 6.07) is 5.97. The van der Waals surface area contributed by atoms with Crippen molar-refractivity contribution in [2.45, 2.75) is 57.7 Å². The largest absolute Gasteiger partial charge is 0.373 e. The van der Waals surface area contributed by atoms with Crippen molar-refractivity contribution in [1.29, 1.82) is 0 Å². The Morgan fingerprint density at radius 1 is 1.30 bits per heavy atom. The number of ether oxygens (including phenoxy) is 1. The van der Waals surface area contributed by atoms with Crippen LogP contribution in [0.3, 0.4) is 0 Å². The highest BCUT2D eigenvalue weighted by Crippen LogP contribution is 2.24. The number of pyridine rings is 1. The van der Waals surface area contributed by atoms with E-state index in [1.165, 1.54) is 6.42 Å². The third kappa shape index (κ3) is 5.66. The third-order valence-corrected chi connectivity index (χ3v) is 5.40. The van der Waals surface area contributed by atoms with E-state index in [1.54, 1.807) is 18.0 Å². The fourth-order valence-electron chi connectivity index (χ4n) is 3.86. The van der Waals surface area contributed by atoms with Gasteiger partial charge in [-0.05, 0) is 25.0 Å². The summed E-state index contributed by atoms with van der Waals surface area (Å²) in [6.45, 7) is 4.16. The molecule has 0 aromatic carbocycles. The second-order valence-corrected chi connectivity index (χ2v) is 7.38. The molecule has 27 heavy (non-hydrogen) atoms. The van der Waals surface area contributed by atoms with Gasteiger partial charge in [-0.3, -0.25) is 9.78 Å². The monoisotopic (exact) mass is 374 g/mol. The molecule has 1 N–H and O–H groups in total. The molecule has 0 radical (unpaired) electrons. The Bertz CT molecular complexity index is 619. The van der Waals surface area contributed by atoms with Crippen LogP contribution in [0.1, 0.15) is 44.7 Å². The highest BCUT2D eigenvalue weighted by molar-refractivity contribution is 5.75. The summed E-state index contributed by atoms with van der Waals surface area (Å²) < 4.78 is 5.71. The Morgan fingerprint density at radius 2 is 2.11 bits per heavy atom. The maximum Gasteiger partial charge on any atom is 0.318 e. The van der Waals surface area contributed by atoms with Crippen LogP contribution in [0, 0.1) is 0 Å². The maximum atomic E-state index is 13.0. The normalized spacial score (nSPS) is 20.9. The van der Waals surface area contributed by atoms with Crippen LogP contribution < -0.4 is 5.32 Å². The van der Waals surface area contributed by atoms with E-state index in [-0.39, 0.29) is 24.1 Å². The van der Waals surface area contributed by atoms with Gasteiger partial charge in [0.2, 0.25) is 5.91 Å². The average Bonchev–Trinajstić information content (AvgIpc) is 2.72. The van der Waals surface area contributed by atoms with Crippen LogP contribution in [0.2, 0.25) is 0 Å². The summed E-state index contributed by atoms with van der Waals surface area (Å²) in [7, 11) is 0. The summed E-state index contributed by atoms with van der Waals surface area (Å²) in [5.74, 6) is 0.0496. The number of carbonyl (C=O) groups is 2. The van der Waals surface area contributed by atoms with Gasteiger partial charge in [-0.15, -0.1) is 0 Å².